The minimum atomic E-state index is -0.362. The van der Waals surface area contributed by atoms with Crippen LogP contribution in [0, 0.1) is 5.41 Å². The summed E-state index contributed by atoms with van der Waals surface area (Å²) in [6, 6.07) is 0. The third kappa shape index (κ3) is 4.48. The first-order valence-electron chi connectivity index (χ1n) is 5.72. The molecule has 1 unspecified atom stereocenters. The Morgan fingerprint density at radius 1 is 1.60 bits per heavy atom. The largest absolute Gasteiger partial charge is 0.389 e. The zero-order valence-corrected chi connectivity index (χ0v) is 9.87. The number of hydrogen-bond donors (Lipinski definition) is 1. The fourth-order valence-electron chi connectivity index (χ4n) is 1.77. The molecule has 1 aliphatic rings. The van der Waals surface area contributed by atoms with Crippen LogP contribution in [0.1, 0.15) is 39.5 Å². The molecule has 0 saturated heterocycles. The fraction of sp³-hybridized carbons (Fsp3) is 0.571. The van der Waals surface area contributed by atoms with Gasteiger partial charge in [-0.2, -0.15) is 0 Å². The first kappa shape index (κ1) is 12.3. The van der Waals surface area contributed by atoms with Gasteiger partial charge >= 0.3 is 0 Å². The third-order valence-electron chi connectivity index (χ3n) is 2.90. The second-order valence-electron chi connectivity index (χ2n) is 4.99. The minimum absolute atomic E-state index is 0.00775. The summed E-state index contributed by atoms with van der Waals surface area (Å²) in [6.07, 6.45) is 12.1. The summed E-state index contributed by atoms with van der Waals surface area (Å²) < 4.78 is 0. The molecule has 1 aliphatic carbocycles. The average Bonchev–Trinajstić information content (AvgIpc) is 2.66. The molecule has 0 spiro atoms. The van der Waals surface area contributed by atoms with E-state index in [1.807, 2.05) is 12.2 Å². The second kappa shape index (κ2) is 5.32. The number of allylic oxidation sites excluding steroid dienone is 4. The minimum Gasteiger partial charge on any atom is -0.389 e. The van der Waals surface area contributed by atoms with E-state index < -0.39 is 0 Å². The van der Waals surface area contributed by atoms with Crippen molar-refractivity contribution in [1.82, 2.24) is 0 Å². The van der Waals surface area contributed by atoms with Gasteiger partial charge in [-0.15, -0.1) is 6.58 Å². The van der Waals surface area contributed by atoms with Crippen LogP contribution in [-0.4, -0.2) is 11.2 Å². The molecule has 1 nitrogen and oxygen atoms in total. The molecule has 0 aromatic heterocycles. The number of rotatable bonds is 5. The van der Waals surface area contributed by atoms with Gasteiger partial charge in [0.15, 0.2) is 0 Å². The summed E-state index contributed by atoms with van der Waals surface area (Å²) in [5, 5.41) is 9.81. The normalized spacial score (nSPS) is 19.3. The number of aliphatic hydroxyl groups excluding tert-OH is 1. The lowest BCUT2D eigenvalue weighted by molar-refractivity contribution is 0.174. The standard InChI is InChI=1S/C14H22O/c1-4-14(2,3)11-13(15)10-9-12-7-5-6-8-12/h4,7,9-10,13,15H,1,5-6,8,11H2,2-3H3/b10-9+. The second-order valence-corrected chi connectivity index (χ2v) is 4.99. The highest BCUT2D eigenvalue weighted by Gasteiger charge is 2.16. The van der Waals surface area contributed by atoms with Gasteiger partial charge in [-0.3, -0.25) is 0 Å². The quantitative estimate of drug-likeness (QED) is 0.681. The van der Waals surface area contributed by atoms with Crippen molar-refractivity contribution < 1.29 is 5.11 Å². The van der Waals surface area contributed by atoms with E-state index in [9.17, 15) is 5.11 Å². The van der Waals surface area contributed by atoms with Crippen LogP contribution < -0.4 is 0 Å². The maximum atomic E-state index is 9.81. The van der Waals surface area contributed by atoms with Crippen LogP contribution in [0.15, 0.2) is 36.5 Å². The Bertz CT molecular complexity index is 271. The third-order valence-corrected chi connectivity index (χ3v) is 2.90. The van der Waals surface area contributed by atoms with E-state index in [1.54, 1.807) is 0 Å². The zero-order chi connectivity index (χ0) is 11.3. The van der Waals surface area contributed by atoms with Gasteiger partial charge in [0.05, 0.1) is 6.10 Å². The fourth-order valence-corrected chi connectivity index (χ4v) is 1.77. The molecule has 1 N–H and O–H groups in total. The Hall–Kier alpha value is -0.820. The van der Waals surface area contributed by atoms with Crippen molar-refractivity contribution in [3.63, 3.8) is 0 Å². The van der Waals surface area contributed by atoms with E-state index in [0.29, 0.717) is 0 Å². The monoisotopic (exact) mass is 206 g/mol. The van der Waals surface area contributed by atoms with E-state index in [2.05, 4.69) is 32.6 Å². The van der Waals surface area contributed by atoms with Crippen molar-refractivity contribution in [2.45, 2.75) is 45.6 Å². The molecule has 0 fully saturated rings. The molecule has 1 atom stereocenters. The molecule has 15 heavy (non-hydrogen) atoms. The van der Waals surface area contributed by atoms with Crippen molar-refractivity contribution in [2.75, 3.05) is 0 Å². The highest BCUT2D eigenvalue weighted by molar-refractivity contribution is 5.22. The van der Waals surface area contributed by atoms with Gasteiger partial charge in [0.2, 0.25) is 0 Å². The molecule has 1 heteroatoms. The number of hydrogen-bond acceptors (Lipinski definition) is 1. The lowest BCUT2D eigenvalue weighted by atomic mass is 9.87. The van der Waals surface area contributed by atoms with Crippen molar-refractivity contribution in [2.24, 2.45) is 5.41 Å². The molecule has 0 aromatic rings. The van der Waals surface area contributed by atoms with Gasteiger partial charge in [-0.05, 0) is 31.1 Å². The van der Waals surface area contributed by atoms with E-state index in [1.165, 1.54) is 18.4 Å². The Balaban J connectivity index is 2.41. The number of aliphatic hydroxyl groups is 1. The highest BCUT2D eigenvalue weighted by atomic mass is 16.3. The van der Waals surface area contributed by atoms with Crippen LogP contribution in [-0.2, 0) is 0 Å². The summed E-state index contributed by atoms with van der Waals surface area (Å²) in [5.74, 6) is 0. The molecule has 0 aliphatic heterocycles. The van der Waals surface area contributed by atoms with Crippen LogP contribution in [0.4, 0.5) is 0 Å². The van der Waals surface area contributed by atoms with E-state index in [4.69, 9.17) is 0 Å². The average molecular weight is 206 g/mol. The van der Waals surface area contributed by atoms with Crippen LogP contribution in [0.2, 0.25) is 0 Å². The van der Waals surface area contributed by atoms with Crippen molar-refractivity contribution in [3.8, 4) is 0 Å². The first-order valence-corrected chi connectivity index (χ1v) is 5.72. The Morgan fingerprint density at radius 3 is 2.87 bits per heavy atom. The van der Waals surface area contributed by atoms with Gasteiger partial charge in [0.25, 0.3) is 0 Å². The summed E-state index contributed by atoms with van der Waals surface area (Å²) in [7, 11) is 0. The van der Waals surface area contributed by atoms with E-state index >= 15 is 0 Å². The molecule has 0 bridgehead atoms. The molecular weight excluding hydrogens is 184 g/mol. The van der Waals surface area contributed by atoms with Crippen molar-refractivity contribution >= 4 is 0 Å². The lowest BCUT2D eigenvalue weighted by Gasteiger charge is -2.21. The Morgan fingerprint density at radius 2 is 2.33 bits per heavy atom. The first-order chi connectivity index (χ1) is 7.03. The molecule has 84 valence electrons. The van der Waals surface area contributed by atoms with Crippen molar-refractivity contribution in [1.29, 1.82) is 0 Å². The molecular formula is C14H22O. The molecule has 0 radical (unpaired) electrons. The van der Waals surface area contributed by atoms with Gasteiger partial charge in [0, 0.05) is 0 Å². The highest BCUT2D eigenvalue weighted by Crippen LogP contribution is 2.24. The smallest absolute Gasteiger partial charge is 0.0732 e. The van der Waals surface area contributed by atoms with Crippen LogP contribution in [0.3, 0.4) is 0 Å². The summed E-state index contributed by atoms with van der Waals surface area (Å²) in [6.45, 7) is 7.95. The lowest BCUT2D eigenvalue weighted by Crippen LogP contribution is -2.16. The summed E-state index contributed by atoms with van der Waals surface area (Å²) in [4.78, 5) is 0. The summed E-state index contributed by atoms with van der Waals surface area (Å²) >= 11 is 0. The predicted octanol–water partition coefficient (Wildman–Crippen LogP) is 3.62. The van der Waals surface area contributed by atoms with Crippen molar-refractivity contribution in [3.05, 3.63) is 36.5 Å². The molecule has 0 aromatic carbocycles. The molecule has 0 heterocycles. The molecule has 0 saturated carbocycles. The van der Waals surface area contributed by atoms with E-state index in [0.717, 1.165) is 12.8 Å². The van der Waals surface area contributed by atoms with Crippen LogP contribution in [0.5, 0.6) is 0 Å². The van der Waals surface area contributed by atoms with E-state index in [-0.39, 0.29) is 11.5 Å². The Labute approximate surface area is 93.2 Å². The van der Waals surface area contributed by atoms with Crippen LogP contribution >= 0.6 is 0 Å². The van der Waals surface area contributed by atoms with Gasteiger partial charge in [-0.1, -0.05) is 43.7 Å². The Kier molecular flexibility index (Phi) is 4.34. The molecule has 1 rings (SSSR count). The predicted molar refractivity (Wildman–Crippen MR) is 65.7 cm³/mol. The topological polar surface area (TPSA) is 20.2 Å². The van der Waals surface area contributed by atoms with Gasteiger partial charge < -0.3 is 5.11 Å². The summed E-state index contributed by atoms with van der Waals surface area (Å²) in [5.41, 5.74) is 1.37. The van der Waals surface area contributed by atoms with Gasteiger partial charge in [0.1, 0.15) is 0 Å². The zero-order valence-electron chi connectivity index (χ0n) is 9.87. The molecule has 0 amide bonds. The SMILES string of the molecule is C=CC(C)(C)CC(O)/C=C/C1=CCCC1. The maximum absolute atomic E-state index is 9.81. The van der Waals surface area contributed by atoms with Gasteiger partial charge in [-0.25, -0.2) is 0 Å². The van der Waals surface area contributed by atoms with Crippen LogP contribution in [0.25, 0.3) is 0 Å². The maximum Gasteiger partial charge on any atom is 0.0732 e.